The van der Waals surface area contributed by atoms with E-state index in [-0.39, 0.29) is 0 Å². The summed E-state index contributed by atoms with van der Waals surface area (Å²) < 4.78 is 11.2. The Morgan fingerprint density at radius 3 is 2.25 bits per heavy atom. The average molecular weight is 279 g/mol. The van der Waals surface area contributed by atoms with Crippen molar-refractivity contribution < 1.29 is 9.26 Å². The summed E-state index contributed by atoms with van der Waals surface area (Å²) in [5.74, 6) is 1.27. The summed E-state index contributed by atoms with van der Waals surface area (Å²) >= 11 is 0. The lowest BCUT2D eigenvalue weighted by atomic mass is 9.70. The standard InChI is InChI=1S/C15H25N3O2/c1-13(2)7-9-15(19-3,10-8-13)11-17-12(20-18-11)14(16)5-4-6-14/h4-10,16H2,1-3H3. The van der Waals surface area contributed by atoms with Gasteiger partial charge in [0.05, 0.1) is 5.54 Å². The highest BCUT2D eigenvalue weighted by atomic mass is 16.5. The summed E-state index contributed by atoms with van der Waals surface area (Å²) in [6.07, 6.45) is 7.10. The fourth-order valence-corrected chi connectivity index (χ4v) is 3.23. The van der Waals surface area contributed by atoms with E-state index in [9.17, 15) is 0 Å². The van der Waals surface area contributed by atoms with Crippen molar-refractivity contribution in [3.63, 3.8) is 0 Å². The Kier molecular flexibility index (Phi) is 3.18. The molecule has 0 unspecified atom stereocenters. The Hall–Kier alpha value is -0.940. The molecule has 1 aromatic heterocycles. The molecule has 2 N–H and O–H groups in total. The van der Waals surface area contributed by atoms with Gasteiger partial charge in [0, 0.05) is 7.11 Å². The van der Waals surface area contributed by atoms with Crippen molar-refractivity contribution in [1.82, 2.24) is 10.1 Å². The molecule has 3 rings (SSSR count). The molecular formula is C15H25N3O2. The van der Waals surface area contributed by atoms with Gasteiger partial charge in [-0.2, -0.15) is 4.98 Å². The highest BCUT2D eigenvalue weighted by Crippen LogP contribution is 2.47. The number of ether oxygens (including phenoxy) is 1. The number of nitrogens with zero attached hydrogens (tertiary/aromatic N) is 2. The van der Waals surface area contributed by atoms with Gasteiger partial charge in [0.2, 0.25) is 11.7 Å². The minimum atomic E-state index is -0.395. The van der Waals surface area contributed by atoms with Crippen LogP contribution in [0.25, 0.3) is 0 Å². The summed E-state index contributed by atoms with van der Waals surface area (Å²) in [5, 5.41) is 4.19. The molecule has 20 heavy (non-hydrogen) atoms. The second-order valence-corrected chi connectivity index (χ2v) is 7.30. The predicted molar refractivity (Wildman–Crippen MR) is 75.0 cm³/mol. The van der Waals surface area contributed by atoms with Crippen molar-refractivity contribution in [2.75, 3.05) is 7.11 Å². The lowest BCUT2D eigenvalue weighted by Gasteiger charge is -2.40. The molecule has 0 aliphatic heterocycles. The topological polar surface area (TPSA) is 74.2 Å². The number of methoxy groups -OCH3 is 1. The highest BCUT2D eigenvalue weighted by molar-refractivity contribution is 5.11. The lowest BCUT2D eigenvalue weighted by molar-refractivity contribution is -0.0740. The van der Waals surface area contributed by atoms with Gasteiger partial charge >= 0.3 is 0 Å². The summed E-state index contributed by atoms with van der Waals surface area (Å²) in [6, 6.07) is 0. The van der Waals surface area contributed by atoms with Crippen LogP contribution in [0.2, 0.25) is 0 Å². The molecule has 2 aliphatic rings. The van der Waals surface area contributed by atoms with E-state index in [4.69, 9.17) is 15.0 Å². The van der Waals surface area contributed by atoms with Crippen LogP contribution in [-0.2, 0) is 15.9 Å². The molecule has 5 heteroatoms. The summed E-state index contributed by atoms with van der Waals surface area (Å²) in [6.45, 7) is 4.61. The number of hydrogen-bond acceptors (Lipinski definition) is 5. The number of rotatable bonds is 3. The van der Waals surface area contributed by atoms with Crippen LogP contribution < -0.4 is 5.73 Å². The third-order valence-electron chi connectivity index (χ3n) is 5.31. The molecule has 5 nitrogen and oxygen atoms in total. The first kappa shape index (κ1) is 14.0. The van der Waals surface area contributed by atoms with Crippen LogP contribution >= 0.6 is 0 Å². The van der Waals surface area contributed by atoms with Crippen LogP contribution in [-0.4, -0.2) is 17.3 Å². The van der Waals surface area contributed by atoms with Crippen molar-refractivity contribution >= 4 is 0 Å². The molecule has 0 radical (unpaired) electrons. The minimum absolute atomic E-state index is 0.373. The third kappa shape index (κ3) is 2.17. The Morgan fingerprint density at radius 2 is 1.75 bits per heavy atom. The molecule has 112 valence electrons. The SMILES string of the molecule is COC1(c2noc(C3(N)CCC3)n2)CCC(C)(C)CC1. The lowest BCUT2D eigenvalue weighted by Crippen LogP contribution is -2.44. The first-order valence-electron chi connectivity index (χ1n) is 7.58. The molecule has 0 spiro atoms. The van der Waals surface area contributed by atoms with E-state index < -0.39 is 11.1 Å². The van der Waals surface area contributed by atoms with E-state index >= 15 is 0 Å². The van der Waals surface area contributed by atoms with Gasteiger partial charge < -0.3 is 15.0 Å². The molecule has 1 aromatic rings. The van der Waals surface area contributed by atoms with Crippen molar-refractivity contribution in [2.24, 2.45) is 11.1 Å². The number of aromatic nitrogens is 2. The maximum Gasteiger partial charge on any atom is 0.246 e. The van der Waals surface area contributed by atoms with Gasteiger partial charge in [0.15, 0.2) is 0 Å². The van der Waals surface area contributed by atoms with E-state index in [1.807, 2.05) is 0 Å². The van der Waals surface area contributed by atoms with Gasteiger partial charge in [-0.25, -0.2) is 0 Å². The second-order valence-electron chi connectivity index (χ2n) is 7.30. The Bertz CT molecular complexity index is 481. The minimum Gasteiger partial charge on any atom is -0.370 e. The maximum atomic E-state index is 6.26. The van der Waals surface area contributed by atoms with Gasteiger partial charge in [0.25, 0.3) is 0 Å². The van der Waals surface area contributed by atoms with Crippen molar-refractivity contribution in [2.45, 2.75) is 69.9 Å². The highest BCUT2D eigenvalue weighted by Gasteiger charge is 2.46. The summed E-state index contributed by atoms with van der Waals surface area (Å²) in [7, 11) is 1.75. The van der Waals surface area contributed by atoms with E-state index in [1.54, 1.807) is 7.11 Å². The molecule has 0 aromatic carbocycles. The molecule has 0 amide bonds. The fourth-order valence-electron chi connectivity index (χ4n) is 3.23. The van der Waals surface area contributed by atoms with Crippen LogP contribution in [0.5, 0.6) is 0 Å². The van der Waals surface area contributed by atoms with Gasteiger partial charge in [-0.15, -0.1) is 0 Å². The molecular weight excluding hydrogens is 254 g/mol. The normalized spacial score (nSPS) is 27.0. The van der Waals surface area contributed by atoms with E-state index in [2.05, 4.69) is 24.0 Å². The number of hydrogen-bond donors (Lipinski definition) is 1. The van der Waals surface area contributed by atoms with E-state index in [0.29, 0.717) is 17.1 Å². The maximum absolute atomic E-state index is 6.26. The molecule has 2 saturated carbocycles. The predicted octanol–water partition coefficient (Wildman–Crippen LogP) is 2.85. The first-order valence-corrected chi connectivity index (χ1v) is 7.58. The first-order chi connectivity index (χ1) is 9.39. The molecule has 1 heterocycles. The average Bonchev–Trinajstić information content (AvgIpc) is 2.87. The Morgan fingerprint density at radius 1 is 1.10 bits per heavy atom. The van der Waals surface area contributed by atoms with Crippen LogP contribution in [0.4, 0.5) is 0 Å². The molecule has 2 fully saturated rings. The van der Waals surface area contributed by atoms with Gasteiger partial charge in [-0.1, -0.05) is 19.0 Å². The van der Waals surface area contributed by atoms with Gasteiger partial charge in [-0.05, 0) is 50.4 Å². The fraction of sp³-hybridized carbons (Fsp3) is 0.867. The van der Waals surface area contributed by atoms with Crippen LogP contribution in [0.3, 0.4) is 0 Å². The Balaban J connectivity index is 1.83. The van der Waals surface area contributed by atoms with Gasteiger partial charge in [-0.3, -0.25) is 0 Å². The van der Waals surface area contributed by atoms with Crippen molar-refractivity contribution in [1.29, 1.82) is 0 Å². The van der Waals surface area contributed by atoms with Gasteiger partial charge in [0.1, 0.15) is 5.60 Å². The zero-order valence-corrected chi connectivity index (χ0v) is 12.7. The van der Waals surface area contributed by atoms with E-state index in [1.165, 1.54) is 0 Å². The van der Waals surface area contributed by atoms with Crippen LogP contribution in [0.15, 0.2) is 4.52 Å². The largest absolute Gasteiger partial charge is 0.370 e. The zero-order chi connectivity index (χ0) is 14.4. The van der Waals surface area contributed by atoms with E-state index in [0.717, 1.165) is 44.9 Å². The molecule has 0 bridgehead atoms. The Labute approximate surface area is 120 Å². The number of nitrogens with two attached hydrogens (primary N) is 1. The summed E-state index contributed by atoms with van der Waals surface area (Å²) in [5.41, 5.74) is 5.84. The summed E-state index contributed by atoms with van der Waals surface area (Å²) in [4.78, 5) is 4.59. The third-order valence-corrected chi connectivity index (χ3v) is 5.31. The molecule has 0 saturated heterocycles. The van der Waals surface area contributed by atoms with Crippen molar-refractivity contribution in [3.05, 3.63) is 11.7 Å². The molecule has 0 atom stereocenters. The zero-order valence-electron chi connectivity index (χ0n) is 12.7. The monoisotopic (exact) mass is 279 g/mol. The van der Waals surface area contributed by atoms with Crippen molar-refractivity contribution in [3.8, 4) is 0 Å². The smallest absolute Gasteiger partial charge is 0.246 e. The van der Waals surface area contributed by atoms with Crippen LogP contribution in [0, 0.1) is 5.41 Å². The second kappa shape index (κ2) is 4.53. The quantitative estimate of drug-likeness (QED) is 0.921. The molecule has 2 aliphatic carbocycles. The van der Waals surface area contributed by atoms with Crippen LogP contribution in [0.1, 0.15) is 70.5 Å².